The summed E-state index contributed by atoms with van der Waals surface area (Å²) >= 11 is 0. The van der Waals surface area contributed by atoms with E-state index in [2.05, 4.69) is 5.32 Å². The van der Waals surface area contributed by atoms with E-state index in [0.29, 0.717) is 17.8 Å². The van der Waals surface area contributed by atoms with Gasteiger partial charge in [0.1, 0.15) is 0 Å². The monoisotopic (exact) mass is 484 g/mol. The number of benzene rings is 2. The van der Waals surface area contributed by atoms with Crippen LogP contribution in [-0.4, -0.2) is 17.9 Å². The number of piperidine rings is 1. The number of carbonyl (C=O) groups excluding carboxylic acids is 2. The number of anilines is 2. The molecule has 2 aromatic carbocycles. The molecule has 10 heteroatoms. The summed E-state index contributed by atoms with van der Waals surface area (Å²) in [5.41, 5.74) is -2.62. The Morgan fingerprint density at radius 2 is 1.44 bits per heavy atom. The van der Waals surface area contributed by atoms with Crippen molar-refractivity contribution in [1.29, 1.82) is 0 Å². The van der Waals surface area contributed by atoms with Gasteiger partial charge in [0.05, 0.1) is 28.5 Å². The molecule has 182 valence electrons. The molecule has 1 saturated heterocycles. The third-order valence-electron chi connectivity index (χ3n) is 7.13. The molecule has 1 heterocycles. The molecule has 4 rings (SSSR count). The number of alkyl halides is 6. The summed E-state index contributed by atoms with van der Waals surface area (Å²) in [4.78, 5) is 28.1. The van der Waals surface area contributed by atoms with E-state index in [9.17, 15) is 35.9 Å². The van der Waals surface area contributed by atoms with Crippen LogP contribution >= 0.6 is 0 Å². The van der Waals surface area contributed by atoms with Crippen LogP contribution in [0.4, 0.5) is 37.7 Å². The summed E-state index contributed by atoms with van der Waals surface area (Å²) in [5, 5.41) is 2.26. The first-order chi connectivity index (χ1) is 15.6. The maximum Gasteiger partial charge on any atom is 0.416 e. The number of fused-ring (bicyclic) bond motifs is 1. The van der Waals surface area contributed by atoms with Gasteiger partial charge in [0, 0.05) is 11.4 Å². The van der Waals surface area contributed by atoms with E-state index in [4.69, 9.17) is 0 Å². The molecule has 1 N–H and O–H groups in total. The van der Waals surface area contributed by atoms with E-state index < -0.39 is 52.4 Å². The van der Waals surface area contributed by atoms with E-state index in [-0.39, 0.29) is 17.9 Å². The van der Waals surface area contributed by atoms with E-state index >= 15 is 0 Å². The molecule has 4 nitrogen and oxygen atoms in total. The number of para-hydroxylation sites is 1. The van der Waals surface area contributed by atoms with E-state index in [0.717, 1.165) is 11.1 Å². The van der Waals surface area contributed by atoms with Crippen LogP contribution in [0.5, 0.6) is 0 Å². The average molecular weight is 484 g/mol. The van der Waals surface area contributed by atoms with Crippen molar-refractivity contribution >= 4 is 23.2 Å². The van der Waals surface area contributed by atoms with Gasteiger partial charge in [0.15, 0.2) is 0 Å². The second-order valence-corrected chi connectivity index (χ2v) is 9.09. The van der Waals surface area contributed by atoms with Gasteiger partial charge in [-0.3, -0.25) is 9.59 Å². The van der Waals surface area contributed by atoms with E-state index in [1.807, 2.05) is 32.0 Å². The van der Waals surface area contributed by atoms with Gasteiger partial charge < -0.3 is 10.2 Å². The lowest BCUT2D eigenvalue weighted by atomic mass is 9.88. The topological polar surface area (TPSA) is 49.4 Å². The Balaban J connectivity index is 1.72. The number of nitrogens with one attached hydrogen (secondary N) is 1. The van der Waals surface area contributed by atoms with Gasteiger partial charge in [-0.15, -0.1) is 0 Å². The van der Waals surface area contributed by atoms with Crippen molar-refractivity contribution in [2.75, 3.05) is 10.2 Å². The Morgan fingerprint density at radius 3 is 1.91 bits per heavy atom. The minimum absolute atomic E-state index is 0.000899. The van der Waals surface area contributed by atoms with Crippen LogP contribution in [0.25, 0.3) is 0 Å². The predicted molar refractivity (Wildman–Crippen MR) is 113 cm³/mol. The summed E-state index contributed by atoms with van der Waals surface area (Å²) in [6, 6.07) is 5.88. The van der Waals surface area contributed by atoms with Crippen molar-refractivity contribution in [2.24, 2.45) is 17.3 Å². The average Bonchev–Trinajstić information content (AvgIpc) is 3.25. The first-order valence-corrected chi connectivity index (χ1v) is 10.6. The van der Waals surface area contributed by atoms with Crippen LogP contribution in [0.3, 0.4) is 0 Å². The van der Waals surface area contributed by atoms with Gasteiger partial charge >= 0.3 is 12.4 Å². The van der Waals surface area contributed by atoms with Crippen LogP contribution in [0, 0.1) is 31.1 Å². The van der Waals surface area contributed by atoms with Crippen LogP contribution in [-0.2, 0) is 21.9 Å². The van der Waals surface area contributed by atoms with Crippen LogP contribution in [0.15, 0.2) is 36.4 Å². The molecule has 2 aromatic rings. The molecule has 0 spiro atoms. The molecule has 0 bridgehead atoms. The lowest BCUT2D eigenvalue weighted by Crippen LogP contribution is -2.36. The van der Waals surface area contributed by atoms with Crippen molar-refractivity contribution in [2.45, 2.75) is 46.1 Å². The Morgan fingerprint density at radius 1 is 0.941 bits per heavy atom. The maximum atomic E-state index is 13.4. The summed E-state index contributed by atoms with van der Waals surface area (Å²) in [7, 11) is 0. The van der Waals surface area contributed by atoms with Crippen molar-refractivity contribution in [3.05, 3.63) is 58.7 Å². The van der Waals surface area contributed by atoms with Gasteiger partial charge in [-0.1, -0.05) is 32.0 Å². The highest BCUT2D eigenvalue weighted by Crippen LogP contribution is 2.66. The van der Waals surface area contributed by atoms with Crippen molar-refractivity contribution in [1.82, 2.24) is 0 Å². The third kappa shape index (κ3) is 3.45. The molecule has 1 saturated carbocycles. The molecular weight excluding hydrogens is 462 g/mol. The Bertz CT molecular complexity index is 1140. The molecular formula is C24H22F6N2O2. The van der Waals surface area contributed by atoms with Gasteiger partial charge in [-0.05, 0) is 49.1 Å². The summed E-state index contributed by atoms with van der Waals surface area (Å²) in [6.45, 7) is 6.98. The van der Waals surface area contributed by atoms with Crippen LogP contribution < -0.4 is 10.2 Å². The Hall–Kier alpha value is -3.04. The fourth-order valence-corrected chi connectivity index (χ4v) is 5.44. The highest BCUT2D eigenvalue weighted by Gasteiger charge is 2.79. The molecule has 0 aromatic heterocycles. The molecule has 2 amide bonds. The zero-order valence-electron chi connectivity index (χ0n) is 18.7. The van der Waals surface area contributed by atoms with Gasteiger partial charge in [-0.2, -0.15) is 26.3 Å². The summed E-state index contributed by atoms with van der Waals surface area (Å²) in [5.74, 6) is -2.23. The largest absolute Gasteiger partial charge is 0.416 e. The normalized spacial score (nSPS) is 26.5. The van der Waals surface area contributed by atoms with Crippen LogP contribution in [0.1, 0.15) is 36.1 Å². The number of hydrogen-bond donors (Lipinski definition) is 1. The van der Waals surface area contributed by atoms with Gasteiger partial charge in [0.25, 0.3) is 0 Å². The third-order valence-corrected chi connectivity index (χ3v) is 7.13. The van der Waals surface area contributed by atoms with Gasteiger partial charge in [-0.25, -0.2) is 0 Å². The zero-order valence-corrected chi connectivity index (χ0v) is 18.7. The van der Waals surface area contributed by atoms with Crippen molar-refractivity contribution in [3.63, 3.8) is 0 Å². The standard InChI is InChI=1S/C24H22F6N2O2/c1-11-6-5-7-12(2)18(11)32-19-13(3)22(19,14(4)20(32)33)21(34)31-17-9-15(23(25,26)27)8-16(10-17)24(28,29)30/h5-10,13-14,19H,1-4H3,(H,31,34)/t13-,14-,19?,22+/m1/s1. The Kier molecular flexibility index (Phi) is 5.30. The molecule has 1 unspecified atom stereocenters. The quantitative estimate of drug-likeness (QED) is 0.546. The van der Waals surface area contributed by atoms with E-state index in [1.54, 1.807) is 18.7 Å². The van der Waals surface area contributed by atoms with Crippen molar-refractivity contribution < 1.29 is 35.9 Å². The van der Waals surface area contributed by atoms with E-state index in [1.165, 1.54) is 0 Å². The molecule has 2 aliphatic rings. The molecule has 1 aliphatic carbocycles. The minimum atomic E-state index is -5.04. The fraction of sp³-hybridized carbons (Fsp3) is 0.417. The number of hydrogen-bond acceptors (Lipinski definition) is 2. The number of aryl methyl sites for hydroxylation is 2. The highest BCUT2D eigenvalue weighted by atomic mass is 19.4. The second kappa shape index (κ2) is 7.48. The molecule has 0 radical (unpaired) electrons. The maximum absolute atomic E-state index is 13.4. The van der Waals surface area contributed by atoms with Crippen molar-refractivity contribution in [3.8, 4) is 0 Å². The number of nitrogens with zero attached hydrogens (tertiary/aromatic N) is 1. The number of amides is 2. The number of carbonyl (C=O) groups is 2. The summed E-state index contributed by atoms with van der Waals surface area (Å²) < 4.78 is 79.3. The molecule has 2 fully saturated rings. The molecule has 1 aliphatic heterocycles. The lowest BCUT2D eigenvalue weighted by molar-refractivity contribution is -0.143. The zero-order chi connectivity index (χ0) is 25.4. The lowest BCUT2D eigenvalue weighted by Gasteiger charge is -2.25. The SMILES string of the molecule is Cc1cccc(C)c1N1C(=O)[C@@H](C)[C@]2(C(=O)Nc3cc(C(F)(F)F)cc(C(F)(F)F)c3)C1[C@H]2C. The Labute approximate surface area is 191 Å². The first kappa shape index (κ1) is 24.1. The first-order valence-electron chi connectivity index (χ1n) is 10.6. The smallest absolute Gasteiger partial charge is 0.325 e. The highest BCUT2D eigenvalue weighted by molar-refractivity contribution is 6.12. The minimum Gasteiger partial charge on any atom is -0.325 e. The molecule has 4 atom stereocenters. The summed E-state index contributed by atoms with van der Waals surface area (Å²) in [6.07, 6.45) is -10.1. The number of halogens is 6. The van der Waals surface area contributed by atoms with Crippen LogP contribution in [0.2, 0.25) is 0 Å². The number of rotatable bonds is 3. The fourth-order valence-electron chi connectivity index (χ4n) is 5.44. The predicted octanol–water partition coefficient (Wildman–Crippen LogP) is 5.97. The molecule has 34 heavy (non-hydrogen) atoms. The van der Waals surface area contributed by atoms with Gasteiger partial charge in [0.2, 0.25) is 11.8 Å². The second-order valence-electron chi connectivity index (χ2n) is 9.09.